The molecule has 10 heteroatoms. The highest BCUT2D eigenvalue weighted by Gasteiger charge is 2.18. The van der Waals surface area contributed by atoms with Gasteiger partial charge in [-0.3, -0.25) is 9.36 Å². The van der Waals surface area contributed by atoms with E-state index in [0.717, 1.165) is 0 Å². The highest BCUT2D eigenvalue weighted by atomic mass is 16.5. The molecule has 0 aliphatic rings. The lowest BCUT2D eigenvalue weighted by Crippen LogP contribution is -2.22. The van der Waals surface area contributed by atoms with Crippen molar-refractivity contribution in [3.8, 4) is 5.69 Å². The molecule has 0 spiro atoms. The number of ether oxygens (including phenoxy) is 2. The first-order valence-electron chi connectivity index (χ1n) is 8.48. The van der Waals surface area contributed by atoms with Gasteiger partial charge in [0.15, 0.2) is 0 Å². The number of methoxy groups -OCH3 is 2. The van der Waals surface area contributed by atoms with Crippen LogP contribution in [-0.4, -0.2) is 50.3 Å². The molecule has 3 heterocycles. The predicted octanol–water partition coefficient (Wildman–Crippen LogP) is 1.31. The summed E-state index contributed by atoms with van der Waals surface area (Å²) in [6.07, 6.45) is 2.77. The molecule has 0 bridgehead atoms. The van der Waals surface area contributed by atoms with Gasteiger partial charge in [0.05, 0.1) is 41.9 Å². The van der Waals surface area contributed by atoms with E-state index in [4.69, 9.17) is 9.47 Å². The molecule has 0 unspecified atom stereocenters. The van der Waals surface area contributed by atoms with Crippen molar-refractivity contribution in [2.24, 2.45) is 0 Å². The SMILES string of the molecule is COC(=O)c1cc(C(=O)OC)cc(-n2c(C)cc3c(cnc4ncnn43)c2=O)c1. The Bertz CT molecular complexity index is 1320. The third kappa shape index (κ3) is 2.90. The molecule has 0 saturated carbocycles. The van der Waals surface area contributed by atoms with Gasteiger partial charge < -0.3 is 9.47 Å². The van der Waals surface area contributed by atoms with Gasteiger partial charge in [-0.05, 0) is 31.2 Å². The smallest absolute Gasteiger partial charge is 0.337 e. The monoisotopic (exact) mass is 393 g/mol. The Labute approximate surface area is 163 Å². The maximum absolute atomic E-state index is 13.2. The Hall–Kier alpha value is -4.08. The molecule has 4 aromatic rings. The Kier molecular flexibility index (Phi) is 4.30. The molecule has 3 aromatic heterocycles. The fraction of sp³-hybridized carbons (Fsp3) is 0.158. The largest absolute Gasteiger partial charge is 0.465 e. The van der Waals surface area contributed by atoms with Crippen molar-refractivity contribution in [3.63, 3.8) is 0 Å². The number of fused-ring (bicyclic) bond motifs is 3. The van der Waals surface area contributed by atoms with Crippen molar-refractivity contribution in [2.45, 2.75) is 6.92 Å². The van der Waals surface area contributed by atoms with Gasteiger partial charge in [0, 0.05) is 11.9 Å². The first kappa shape index (κ1) is 18.3. The van der Waals surface area contributed by atoms with E-state index in [1.165, 1.54) is 54.0 Å². The molecule has 4 rings (SSSR count). The molecule has 0 saturated heterocycles. The van der Waals surface area contributed by atoms with Crippen LogP contribution in [0.5, 0.6) is 0 Å². The van der Waals surface area contributed by atoms with Crippen LogP contribution >= 0.6 is 0 Å². The fourth-order valence-electron chi connectivity index (χ4n) is 3.18. The zero-order valence-electron chi connectivity index (χ0n) is 15.7. The summed E-state index contributed by atoms with van der Waals surface area (Å²) in [6.45, 7) is 1.73. The minimum Gasteiger partial charge on any atom is -0.465 e. The standard InChI is InChI=1S/C19H15N5O5/c1-10-4-15-14(8-20-19-21-9-22-24(15)19)16(25)23(10)13-6-11(17(26)28-2)5-12(7-13)18(27)29-3/h4-9H,1-3H3. The number of esters is 2. The molecular weight excluding hydrogens is 378 g/mol. The van der Waals surface area contributed by atoms with E-state index >= 15 is 0 Å². The minimum atomic E-state index is -0.644. The van der Waals surface area contributed by atoms with E-state index in [9.17, 15) is 14.4 Å². The number of hydrogen-bond donors (Lipinski definition) is 0. The molecule has 1 aromatic carbocycles. The quantitative estimate of drug-likeness (QED) is 0.478. The van der Waals surface area contributed by atoms with E-state index in [0.29, 0.717) is 28.1 Å². The number of aryl methyl sites for hydroxylation is 1. The second-order valence-corrected chi connectivity index (χ2v) is 6.21. The second kappa shape index (κ2) is 6.82. The van der Waals surface area contributed by atoms with Gasteiger partial charge in [-0.1, -0.05) is 0 Å². The summed E-state index contributed by atoms with van der Waals surface area (Å²) in [7, 11) is 2.46. The molecule has 29 heavy (non-hydrogen) atoms. The molecule has 0 N–H and O–H groups in total. The van der Waals surface area contributed by atoms with Gasteiger partial charge in [0.1, 0.15) is 6.33 Å². The van der Waals surface area contributed by atoms with Gasteiger partial charge in [-0.15, -0.1) is 0 Å². The van der Waals surface area contributed by atoms with Crippen LogP contribution in [-0.2, 0) is 9.47 Å². The Balaban J connectivity index is 2.03. The number of carbonyl (C=O) groups excluding carboxylic acids is 2. The third-order valence-electron chi connectivity index (χ3n) is 4.49. The maximum atomic E-state index is 13.2. The average molecular weight is 393 g/mol. The summed E-state index contributed by atoms with van der Waals surface area (Å²) in [5, 5.41) is 4.40. The zero-order chi connectivity index (χ0) is 20.7. The first-order chi connectivity index (χ1) is 13.9. The van der Waals surface area contributed by atoms with E-state index in [2.05, 4.69) is 15.1 Å². The van der Waals surface area contributed by atoms with Crippen molar-refractivity contribution >= 4 is 28.6 Å². The van der Waals surface area contributed by atoms with Crippen LogP contribution in [0.4, 0.5) is 0 Å². The number of carbonyl (C=O) groups is 2. The number of hydrogen-bond acceptors (Lipinski definition) is 8. The number of pyridine rings is 1. The third-order valence-corrected chi connectivity index (χ3v) is 4.49. The van der Waals surface area contributed by atoms with Gasteiger partial charge in [-0.2, -0.15) is 14.6 Å². The maximum Gasteiger partial charge on any atom is 0.337 e. The van der Waals surface area contributed by atoms with Crippen molar-refractivity contribution in [2.75, 3.05) is 14.2 Å². The topological polar surface area (TPSA) is 118 Å². The highest BCUT2D eigenvalue weighted by Crippen LogP contribution is 2.19. The lowest BCUT2D eigenvalue weighted by Gasteiger charge is -2.14. The molecule has 0 amide bonds. The van der Waals surface area contributed by atoms with Crippen molar-refractivity contribution in [3.05, 3.63) is 64.0 Å². The molecular formula is C19H15N5O5. The highest BCUT2D eigenvalue weighted by molar-refractivity contribution is 5.96. The van der Waals surface area contributed by atoms with Crippen LogP contribution in [0.15, 0.2) is 41.6 Å². The van der Waals surface area contributed by atoms with Crippen molar-refractivity contribution in [1.29, 1.82) is 0 Å². The van der Waals surface area contributed by atoms with E-state index < -0.39 is 11.9 Å². The van der Waals surface area contributed by atoms with Crippen LogP contribution in [0.3, 0.4) is 0 Å². The lowest BCUT2D eigenvalue weighted by molar-refractivity contribution is 0.0599. The van der Waals surface area contributed by atoms with E-state index in [1.54, 1.807) is 13.0 Å². The fourth-order valence-corrected chi connectivity index (χ4v) is 3.18. The normalized spacial score (nSPS) is 11.0. The van der Waals surface area contributed by atoms with Crippen molar-refractivity contribution < 1.29 is 19.1 Å². The molecule has 0 radical (unpaired) electrons. The zero-order valence-corrected chi connectivity index (χ0v) is 15.7. The molecule has 0 fully saturated rings. The summed E-state index contributed by atoms with van der Waals surface area (Å²) < 4.78 is 12.4. The molecule has 0 aliphatic heterocycles. The van der Waals surface area contributed by atoms with Gasteiger partial charge in [0.2, 0.25) is 0 Å². The summed E-state index contributed by atoms with van der Waals surface area (Å²) >= 11 is 0. The van der Waals surface area contributed by atoms with E-state index in [-0.39, 0.29) is 16.7 Å². The van der Waals surface area contributed by atoms with Gasteiger partial charge in [-0.25, -0.2) is 14.6 Å². The van der Waals surface area contributed by atoms with Crippen LogP contribution in [0, 0.1) is 6.92 Å². The number of nitrogens with zero attached hydrogens (tertiary/aromatic N) is 5. The first-order valence-corrected chi connectivity index (χ1v) is 8.48. The minimum absolute atomic E-state index is 0.113. The number of aromatic nitrogens is 5. The molecule has 146 valence electrons. The summed E-state index contributed by atoms with van der Waals surface area (Å²) in [5.74, 6) is -0.918. The molecule has 0 aliphatic carbocycles. The summed E-state index contributed by atoms with van der Waals surface area (Å²) in [5.41, 5.74) is 1.26. The van der Waals surface area contributed by atoms with Crippen LogP contribution < -0.4 is 5.56 Å². The number of rotatable bonds is 3. The van der Waals surface area contributed by atoms with Crippen LogP contribution in [0.2, 0.25) is 0 Å². The second-order valence-electron chi connectivity index (χ2n) is 6.21. The van der Waals surface area contributed by atoms with Crippen molar-refractivity contribution in [1.82, 2.24) is 24.1 Å². The Morgan fingerprint density at radius 1 is 0.966 bits per heavy atom. The molecule has 0 atom stereocenters. The Morgan fingerprint density at radius 3 is 2.24 bits per heavy atom. The Morgan fingerprint density at radius 2 is 1.62 bits per heavy atom. The average Bonchev–Trinajstić information content (AvgIpc) is 3.21. The van der Waals surface area contributed by atoms with Gasteiger partial charge >= 0.3 is 11.9 Å². The predicted molar refractivity (Wildman–Crippen MR) is 101 cm³/mol. The van der Waals surface area contributed by atoms with Gasteiger partial charge in [0.25, 0.3) is 11.3 Å². The number of benzene rings is 1. The summed E-state index contributed by atoms with van der Waals surface area (Å²) in [4.78, 5) is 45.5. The summed E-state index contributed by atoms with van der Waals surface area (Å²) in [6, 6.07) is 6.05. The molecule has 10 nitrogen and oxygen atoms in total. The van der Waals surface area contributed by atoms with E-state index in [1.807, 2.05) is 0 Å². The van der Waals surface area contributed by atoms with Crippen LogP contribution in [0.25, 0.3) is 22.4 Å². The van der Waals surface area contributed by atoms with Crippen LogP contribution in [0.1, 0.15) is 26.4 Å². The lowest BCUT2D eigenvalue weighted by atomic mass is 10.1.